The van der Waals surface area contributed by atoms with Crippen molar-refractivity contribution in [3.8, 4) is 0 Å². The third kappa shape index (κ3) is 3.93. The van der Waals surface area contributed by atoms with Crippen LogP contribution >= 0.6 is 0 Å². The Hall–Kier alpha value is -0.610. The molecule has 2 saturated carbocycles. The fourth-order valence-electron chi connectivity index (χ4n) is 3.34. The number of ether oxygens (including phenoxy) is 1. The smallest absolute Gasteiger partial charge is 0.222 e. The van der Waals surface area contributed by atoms with Gasteiger partial charge in [-0.25, -0.2) is 0 Å². The second-order valence-electron chi connectivity index (χ2n) is 6.30. The van der Waals surface area contributed by atoms with Crippen LogP contribution < -0.4 is 0 Å². The van der Waals surface area contributed by atoms with E-state index in [0.29, 0.717) is 25.0 Å². The molecule has 0 saturated heterocycles. The number of likely N-dealkylation sites (N-methyl/N-ethyl adjacent to an activating group) is 1. The predicted molar refractivity (Wildman–Crippen MR) is 73.8 cm³/mol. The number of hydrogen-bond acceptors (Lipinski definition) is 3. The van der Waals surface area contributed by atoms with E-state index in [1.54, 1.807) is 4.90 Å². The molecule has 4 heteroatoms. The van der Waals surface area contributed by atoms with E-state index in [9.17, 15) is 9.90 Å². The van der Waals surface area contributed by atoms with Gasteiger partial charge in [0.15, 0.2) is 0 Å². The van der Waals surface area contributed by atoms with Crippen LogP contribution in [-0.2, 0) is 9.53 Å². The van der Waals surface area contributed by atoms with E-state index in [-0.39, 0.29) is 5.91 Å². The molecule has 2 aliphatic rings. The fraction of sp³-hybridized carbons (Fsp3) is 0.933. The lowest BCUT2D eigenvalue weighted by Gasteiger charge is -2.36. The zero-order valence-electron chi connectivity index (χ0n) is 12.2. The summed E-state index contributed by atoms with van der Waals surface area (Å²) in [6, 6.07) is 0. The Bertz CT molecular complexity index is 307. The van der Waals surface area contributed by atoms with Crippen molar-refractivity contribution < 1.29 is 14.6 Å². The van der Waals surface area contributed by atoms with Crippen LogP contribution in [0.2, 0.25) is 0 Å². The number of aliphatic hydroxyl groups is 1. The highest BCUT2D eigenvalue weighted by Crippen LogP contribution is 2.34. The van der Waals surface area contributed by atoms with Crippen LogP contribution in [0.3, 0.4) is 0 Å². The SMILES string of the molecule is CCOC1CC(CC(=O)N(C)CC2(O)CCCC2)C1. The standard InChI is InChI=1S/C15H27NO3/c1-3-19-13-8-12(9-13)10-14(17)16(2)11-15(18)6-4-5-7-15/h12-13,18H,3-11H2,1-2H3. The second kappa shape index (κ2) is 6.23. The van der Waals surface area contributed by atoms with Gasteiger partial charge in [-0.05, 0) is 38.5 Å². The molecule has 0 spiro atoms. The van der Waals surface area contributed by atoms with Gasteiger partial charge in [-0.1, -0.05) is 12.8 Å². The van der Waals surface area contributed by atoms with Crippen molar-refractivity contribution in [1.29, 1.82) is 0 Å². The Kier molecular flexibility index (Phi) is 4.85. The minimum atomic E-state index is -0.627. The van der Waals surface area contributed by atoms with Crippen LogP contribution in [0, 0.1) is 5.92 Å². The van der Waals surface area contributed by atoms with Crippen molar-refractivity contribution in [2.75, 3.05) is 20.2 Å². The molecular formula is C15H27NO3. The van der Waals surface area contributed by atoms with E-state index in [0.717, 1.165) is 45.1 Å². The van der Waals surface area contributed by atoms with Crippen molar-refractivity contribution in [2.45, 2.75) is 63.6 Å². The minimum Gasteiger partial charge on any atom is -0.388 e. The number of carbonyl (C=O) groups is 1. The van der Waals surface area contributed by atoms with Crippen LogP contribution in [0.25, 0.3) is 0 Å². The zero-order chi connectivity index (χ0) is 13.9. The van der Waals surface area contributed by atoms with E-state index in [2.05, 4.69) is 0 Å². The van der Waals surface area contributed by atoms with Gasteiger partial charge in [0.05, 0.1) is 11.7 Å². The highest BCUT2D eigenvalue weighted by molar-refractivity contribution is 5.76. The van der Waals surface area contributed by atoms with Gasteiger partial charge >= 0.3 is 0 Å². The molecule has 0 aromatic rings. The summed E-state index contributed by atoms with van der Waals surface area (Å²) in [5.41, 5.74) is -0.627. The Morgan fingerprint density at radius 2 is 2.00 bits per heavy atom. The lowest BCUT2D eigenvalue weighted by atomic mass is 9.79. The van der Waals surface area contributed by atoms with Gasteiger partial charge in [-0.3, -0.25) is 4.79 Å². The molecule has 0 aromatic heterocycles. The first-order valence-electron chi connectivity index (χ1n) is 7.60. The van der Waals surface area contributed by atoms with Crippen LogP contribution in [0.5, 0.6) is 0 Å². The monoisotopic (exact) mass is 269 g/mol. The van der Waals surface area contributed by atoms with Crippen LogP contribution in [0.15, 0.2) is 0 Å². The van der Waals surface area contributed by atoms with Gasteiger partial charge in [-0.15, -0.1) is 0 Å². The molecule has 2 fully saturated rings. The van der Waals surface area contributed by atoms with Crippen LogP contribution in [0.1, 0.15) is 51.9 Å². The maximum Gasteiger partial charge on any atom is 0.222 e. The average Bonchev–Trinajstić information content (AvgIpc) is 2.72. The summed E-state index contributed by atoms with van der Waals surface area (Å²) in [6.07, 6.45) is 6.83. The Balaban J connectivity index is 1.68. The number of hydrogen-bond donors (Lipinski definition) is 1. The topological polar surface area (TPSA) is 49.8 Å². The highest BCUT2D eigenvalue weighted by Gasteiger charge is 2.35. The molecule has 19 heavy (non-hydrogen) atoms. The van der Waals surface area contributed by atoms with Gasteiger partial charge in [0.2, 0.25) is 5.91 Å². The first kappa shape index (κ1) is 14.8. The Morgan fingerprint density at radius 1 is 1.37 bits per heavy atom. The summed E-state index contributed by atoms with van der Waals surface area (Å²) in [5, 5.41) is 10.3. The zero-order valence-corrected chi connectivity index (χ0v) is 12.2. The average molecular weight is 269 g/mol. The number of amides is 1. The van der Waals surface area contributed by atoms with Gasteiger partial charge in [0.25, 0.3) is 0 Å². The van der Waals surface area contributed by atoms with Gasteiger partial charge in [0, 0.05) is 26.6 Å². The molecule has 1 amide bonds. The Labute approximate surface area is 116 Å². The molecule has 0 aliphatic heterocycles. The molecule has 0 bridgehead atoms. The minimum absolute atomic E-state index is 0.167. The molecule has 2 rings (SSSR count). The summed E-state index contributed by atoms with van der Waals surface area (Å²) in [6.45, 7) is 3.26. The van der Waals surface area contributed by atoms with Crippen molar-refractivity contribution in [3.05, 3.63) is 0 Å². The van der Waals surface area contributed by atoms with Crippen molar-refractivity contribution >= 4 is 5.91 Å². The largest absolute Gasteiger partial charge is 0.388 e. The molecule has 2 aliphatic carbocycles. The molecular weight excluding hydrogens is 242 g/mol. The maximum absolute atomic E-state index is 12.1. The first-order valence-corrected chi connectivity index (χ1v) is 7.60. The summed E-state index contributed by atoms with van der Waals surface area (Å²) in [4.78, 5) is 13.8. The Morgan fingerprint density at radius 3 is 2.58 bits per heavy atom. The maximum atomic E-state index is 12.1. The summed E-state index contributed by atoms with van der Waals surface area (Å²) < 4.78 is 5.51. The molecule has 110 valence electrons. The van der Waals surface area contributed by atoms with E-state index >= 15 is 0 Å². The summed E-state index contributed by atoms with van der Waals surface area (Å²) in [5.74, 6) is 0.644. The van der Waals surface area contributed by atoms with Gasteiger partial charge < -0.3 is 14.7 Å². The van der Waals surface area contributed by atoms with Crippen molar-refractivity contribution in [2.24, 2.45) is 5.92 Å². The van der Waals surface area contributed by atoms with Crippen molar-refractivity contribution in [3.63, 3.8) is 0 Å². The third-order valence-corrected chi connectivity index (χ3v) is 4.55. The first-order chi connectivity index (χ1) is 9.02. The molecule has 0 unspecified atom stereocenters. The lowest BCUT2D eigenvalue weighted by Crippen LogP contribution is -2.43. The van der Waals surface area contributed by atoms with Crippen molar-refractivity contribution in [1.82, 2.24) is 4.90 Å². The summed E-state index contributed by atoms with van der Waals surface area (Å²) >= 11 is 0. The number of nitrogens with zero attached hydrogens (tertiary/aromatic N) is 1. The summed E-state index contributed by atoms with van der Waals surface area (Å²) in [7, 11) is 1.82. The predicted octanol–water partition coefficient (Wildman–Crippen LogP) is 1.96. The quantitative estimate of drug-likeness (QED) is 0.802. The van der Waals surface area contributed by atoms with E-state index in [4.69, 9.17) is 4.74 Å². The normalized spacial score (nSPS) is 29.0. The van der Waals surface area contributed by atoms with Crippen LogP contribution in [0.4, 0.5) is 0 Å². The highest BCUT2D eigenvalue weighted by atomic mass is 16.5. The van der Waals surface area contributed by atoms with Crippen LogP contribution in [-0.4, -0.2) is 47.8 Å². The molecule has 0 aromatic carbocycles. The number of carbonyl (C=O) groups excluding carboxylic acids is 1. The number of rotatable bonds is 6. The fourth-order valence-corrected chi connectivity index (χ4v) is 3.34. The van der Waals surface area contributed by atoms with Gasteiger partial charge in [0.1, 0.15) is 0 Å². The van der Waals surface area contributed by atoms with E-state index in [1.165, 1.54) is 0 Å². The second-order valence-corrected chi connectivity index (χ2v) is 6.30. The molecule has 1 N–H and O–H groups in total. The molecule has 0 radical (unpaired) electrons. The molecule has 4 nitrogen and oxygen atoms in total. The van der Waals surface area contributed by atoms with Gasteiger partial charge in [-0.2, -0.15) is 0 Å². The van der Waals surface area contributed by atoms with E-state index < -0.39 is 5.60 Å². The lowest BCUT2D eigenvalue weighted by molar-refractivity contribution is -0.136. The molecule has 0 heterocycles. The van der Waals surface area contributed by atoms with E-state index in [1.807, 2.05) is 14.0 Å². The molecule has 0 atom stereocenters. The third-order valence-electron chi connectivity index (χ3n) is 4.55.